The van der Waals surface area contributed by atoms with Crippen LogP contribution in [0.25, 0.3) is 22.3 Å². The molecule has 2 heterocycles. The summed E-state index contributed by atoms with van der Waals surface area (Å²) in [6.45, 7) is 0.956. The minimum Gasteiger partial charge on any atom is -0.481 e. The number of carboxylic acid groups (broad SMARTS) is 1. The Hall–Kier alpha value is -2.52. The lowest BCUT2D eigenvalue weighted by atomic mass is 9.93. The van der Waals surface area contributed by atoms with Crippen LogP contribution in [-0.2, 0) is 24.2 Å². The molecular weight excluding hydrogens is 346 g/mol. The van der Waals surface area contributed by atoms with Crippen LogP contribution in [0.15, 0.2) is 54.6 Å². The van der Waals surface area contributed by atoms with E-state index in [1.165, 1.54) is 16.8 Å². The maximum atomic E-state index is 11.2. The van der Waals surface area contributed by atoms with Crippen LogP contribution in [0.5, 0.6) is 0 Å². The van der Waals surface area contributed by atoms with Crippen LogP contribution in [0.4, 0.5) is 0 Å². The molecule has 0 saturated carbocycles. The fourth-order valence-corrected chi connectivity index (χ4v) is 4.11. The molecule has 1 aromatic heterocycles. The van der Waals surface area contributed by atoms with E-state index in [4.69, 9.17) is 11.6 Å². The molecule has 4 heteroatoms. The van der Waals surface area contributed by atoms with Gasteiger partial charge in [-0.3, -0.25) is 4.79 Å². The minimum atomic E-state index is -0.762. The average molecular weight is 366 g/mol. The molecule has 4 rings (SSSR count). The number of hydrogen-bond acceptors (Lipinski definition) is 1. The lowest BCUT2D eigenvalue weighted by Crippen LogP contribution is -2.05. The van der Waals surface area contributed by atoms with E-state index in [-0.39, 0.29) is 6.42 Å². The fourth-order valence-electron chi connectivity index (χ4n) is 3.98. The molecule has 3 aromatic rings. The van der Waals surface area contributed by atoms with E-state index >= 15 is 0 Å². The molecule has 1 aliphatic heterocycles. The van der Waals surface area contributed by atoms with Crippen LogP contribution in [0.1, 0.15) is 24.2 Å². The Bertz CT molecular complexity index is 943. The number of carboxylic acids is 1. The molecule has 0 saturated heterocycles. The predicted octanol–water partition coefficient (Wildman–Crippen LogP) is 5.44. The van der Waals surface area contributed by atoms with Gasteiger partial charge < -0.3 is 9.67 Å². The zero-order chi connectivity index (χ0) is 18.1. The van der Waals surface area contributed by atoms with Gasteiger partial charge in [0.2, 0.25) is 0 Å². The lowest BCUT2D eigenvalue weighted by Gasteiger charge is -2.11. The standard InChI is InChI=1S/C22H20ClNO2/c23-17-10-8-16(9-11-17)22-19(12-13-20(25)26)24-14-4-7-18(24)21(22)15-5-2-1-3-6-15/h1-3,5-6,8-11H,4,7,12-14H2,(H,25,26). The van der Waals surface area contributed by atoms with Crippen molar-refractivity contribution in [2.75, 3.05) is 0 Å². The Kier molecular flexibility index (Phi) is 4.56. The molecule has 1 aliphatic rings. The molecule has 2 aromatic carbocycles. The van der Waals surface area contributed by atoms with E-state index in [9.17, 15) is 9.90 Å². The van der Waals surface area contributed by atoms with Crippen LogP contribution in [0.2, 0.25) is 5.02 Å². The molecule has 0 atom stereocenters. The Morgan fingerprint density at radius 1 is 1.00 bits per heavy atom. The van der Waals surface area contributed by atoms with Crippen LogP contribution in [0.3, 0.4) is 0 Å². The first-order chi connectivity index (χ1) is 12.6. The second kappa shape index (κ2) is 7.00. The summed E-state index contributed by atoms with van der Waals surface area (Å²) < 4.78 is 2.34. The lowest BCUT2D eigenvalue weighted by molar-refractivity contribution is -0.136. The summed E-state index contributed by atoms with van der Waals surface area (Å²) in [5.74, 6) is -0.762. The highest BCUT2D eigenvalue weighted by Gasteiger charge is 2.27. The zero-order valence-corrected chi connectivity index (χ0v) is 15.2. The summed E-state index contributed by atoms with van der Waals surface area (Å²) in [6.07, 6.45) is 2.80. The van der Waals surface area contributed by atoms with E-state index in [0.29, 0.717) is 11.4 Å². The smallest absolute Gasteiger partial charge is 0.303 e. The van der Waals surface area contributed by atoms with Gasteiger partial charge in [-0.2, -0.15) is 0 Å². The molecular formula is C22H20ClNO2. The first kappa shape index (κ1) is 16.9. The third kappa shape index (κ3) is 3.04. The molecule has 0 bridgehead atoms. The first-order valence-electron chi connectivity index (χ1n) is 8.92. The Balaban J connectivity index is 1.96. The Morgan fingerprint density at radius 3 is 2.38 bits per heavy atom. The van der Waals surface area contributed by atoms with E-state index in [1.54, 1.807) is 0 Å². The number of fused-ring (bicyclic) bond motifs is 1. The number of carbonyl (C=O) groups is 1. The van der Waals surface area contributed by atoms with Gasteiger partial charge in [0.25, 0.3) is 0 Å². The Labute approximate surface area is 157 Å². The van der Waals surface area contributed by atoms with Gasteiger partial charge in [-0.15, -0.1) is 0 Å². The molecule has 0 radical (unpaired) electrons. The second-order valence-corrected chi connectivity index (χ2v) is 7.10. The maximum Gasteiger partial charge on any atom is 0.303 e. The van der Waals surface area contributed by atoms with Gasteiger partial charge in [0.15, 0.2) is 0 Å². The highest BCUT2D eigenvalue weighted by Crippen LogP contribution is 2.43. The third-order valence-corrected chi connectivity index (χ3v) is 5.30. The van der Waals surface area contributed by atoms with Crippen molar-refractivity contribution in [2.45, 2.75) is 32.2 Å². The van der Waals surface area contributed by atoms with Crippen molar-refractivity contribution in [1.82, 2.24) is 4.57 Å². The van der Waals surface area contributed by atoms with Crippen molar-refractivity contribution in [1.29, 1.82) is 0 Å². The maximum absolute atomic E-state index is 11.2. The molecule has 132 valence electrons. The van der Waals surface area contributed by atoms with Crippen molar-refractivity contribution >= 4 is 17.6 Å². The van der Waals surface area contributed by atoms with Crippen molar-refractivity contribution in [3.05, 3.63) is 71.0 Å². The summed E-state index contributed by atoms with van der Waals surface area (Å²) >= 11 is 6.09. The van der Waals surface area contributed by atoms with Gasteiger partial charge in [-0.25, -0.2) is 0 Å². The normalized spacial score (nSPS) is 13.0. The topological polar surface area (TPSA) is 42.2 Å². The number of benzene rings is 2. The highest BCUT2D eigenvalue weighted by atomic mass is 35.5. The second-order valence-electron chi connectivity index (χ2n) is 6.67. The Morgan fingerprint density at radius 2 is 1.69 bits per heavy atom. The van der Waals surface area contributed by atoms with Gasteiger partial charge >= 0.3 is 5.97 Å². The molecule has 26 heavy (non-hydrogen) atoms. The van der Waals surface area contributed by atoms with E-state index in [0.717, 1.165) is 36.2 Å². The molecule has 0 aliphatic carbocycles. The van der Waals surface area contributed by atoms with E-state index in [2.05, 4.69) is 28.8 Å². The van der Waals surface area contributed by atoms with E-state index in [1.807, 2.05) is 30.3 Å². The van der Waals surface area contributed by atoms with Crippen LogP contribution < -0.4 is 0 Å². The number of halogens is 1. The van der Waals surface area contributed by atoms with Crippen molar-refractivity contribution in [3.63, 3.8) is 0 Å². The van der Waals surface area contributed by atoms with Gasteiger partial charge in [-0.05, 0) is 42.5 Å². The van der Waals surface area contributed by atoms with Gasteiger partial charge in [0.05, 0.1) is 6.42 Å². The summed E-state index contributed by atoms with van der Waals surface area (Å²) in [4.78, 5) is 11.2. The van der Waals surface area contributed by atoms with E-state index < -0.39 is 5.97 Å². The van der Waals surface area contributed by atoms with Gasteiger partial charge in [0.1, 0.15) is 0 Å². The molecule has 0 unspecified atom stereocenters. The molecule has 0 amide bonds. The first-order valence-corrected chi connectivity index (χ1v) is 9.30. The number of rotatable bonds is 5. The van der Waals surface area contributed by atoms with Crippen LogP contribution in [0, 0.1) is 0 Å². The van der Waals surface area contributed by atoms with Crippen LogP contribution in [-0.4, -0.2) is 15.6 Å². The highest BCUT2D eigenvalue weighted by molar-refractivity contribution is 6.30. The zero-order valence-electron chi connectivity index (χ0n) is 14.4. The number of hydrogen-bond donors (Lipinski definition) is 1. The predicted molar refractivity (Wildman–Crippen MR) is 105 cm³/mol. The summed E-state index contributed by atoms with van der Waals surface area (Å²) in [5, 5.41) is 9.92. The third-order valence-electron chi connectivity index (χ3n) is 5.05. The SMILES string of the molecule is O=C(O)CCc1c(-c2ccc(Cl)cc2)c(-c2ccccc2)c2n1CCC2. The number of aromatic nitrogens is 1. The molecule has 3 nitrogen and oxygen atoms in total. The van der Waals surface area contributed by atoms with Crippen molar-refractivity contribution in [2.24, 2.45) is 0 Å². The fraction of sp³-hybridized carbons (Fsp3) is 0.227. The minimum absolute atomic E-state index is 0.137. The molecule has 0 fully saturated rings. The van der Waals surface area contributed by atoms with Gasteiger partial charge in [0, 0.05) is 34.1 Å². The number of nitrogens with zero attached hydrogens (tertiary/aromatic N) is 1. The summed E-state index contributed by atoms with van der Waals surface area (Å²) in [6, 6.07) is 18.3. The molecule has 0 spiro atoms. The van der Waals surface area contributed by atoms with Crippen molar-refractivity contribution < 1.29 is 9.90 Å². The average Bonchev–Trinajstić information content (AvgIpc) is 3.22. The summed E-state index contributed by atoms with van der Waals surface area (Å²) in [5.41, 5.74) is 7.12. The summed E-state index contributed by atoms with van der Waals surface area (Å²) in [7, 11) is 0. The van der Waals surface area contributed by atoms with Crippen LogP contribution >= 0.6 is 11.6 Å². The largest absolute Gasteiger partial charge is 0.481 e. The quantitative estimate of drug-likeness (QED) is 0.654. The monoisotopic (exact) mass is 365 g/mol. The molecule has 1 N–H and O–H groups in total. The van der Waals surface area contributed by atoms with Crippen molar-refractivity contribution in [3.8, 4) is 22.3 Å². The van der Waals surface area contributed by atoms with Gasteiger partial charge in [-0.1, -0.05) is 54.1 Å². The number of aliphatic carboxylic acids is 1.